The molecule has 2 rings (SSSR count). The van der Waals surface area contributed by atoms with Gasteiger partial charge in [0, 0.05) is 0 Å². The van der Waals surface area contributed by atoms with Gasteiger partial charge >= 0.3 is 0 Å². The molecule has 0 saturated carbocycles. The Hall–Kier alpha value is -2.06. The van der Waals surface area contributed by atoms with Gasteiger partial charge in [0.2, 0.25) is 0 Å². The van der Waals surface area contributed by atoms with E-state index in [1.807, 2.05) is 0 Å². The first kappa shape index (κ1) is 21.2. The molecule has 0 spiro atoms. The maximum Gasteiger partial charge on any atom is 0.182 e. The summed E-state index contributed by atoms with van der Waals surface area (Å²) in [6.07, 6.45) is 1.24. The van der Waals surface area contributed by atoms with Gasteiger partial charge in [-0.15, -0.1) is 0 Å². The molecule has 0 aliphatic carbocycles. The number of methoxy groups -OCH3 is 2. The third-order valence-electron chi connectivity index (χ3n) is 4.13. The van der Waals surface area contributed by atoms with E-state index in [2.05, 4.69) is 0 Å². The number of sulfone groups is 2. The second-order valence-electron chi connectivity index (χ2n) is 6.00. The molecule has 0 bridgehead atoms. The molecule has 0 aliphatic rings. The van der Waals surface area contributed by atoms with E-state index in [1.54, 1.807) is 36.4 Å². The molecule has 0 saturated heterocycles. The minimum absolute atomic E-state index is 0.0535. The van der Waals surface area contributed by atoms with Crippen molar-refractivity contribution in [3.8, 4) is 11.5 Å². The number of ether oxygens (including phenoxy) is 2. The average molecular weight is 413 g/mol. The van der Waals surface area contributed by atoms with E-state index >= 15 is 0 Å². The number of para-hydroxylation sites is 2. The molecular weight excluding hydrogens is 388 g/mol. The van der Waals surface area contributed by atoms with Gasteiger partial charge in [0.1, 0.15) is 21.3 Å². The highest BCUT2D eigenvalue weighted by Crippen LogP contribution is 2.26. The summed E-state index contributed by atoms with van der Waals surface area (Å²) in [4.78, 5) is 0.322. The molecular formula is C19H24O6S2. The number of unbranched alkanes of at least 4 members (excludes halogenated alkanes) is 2. The number of hydrogen-bond acceptors (Lipinski definition) is 6. The molecule has 2 aromatic rings. The lowest BCUT2D eigenvalue weighted by Gasteiger charge is -2.10. The highest BCUT2D eigenvalue weighted by molar-refractivity contribution is 7.91. The molecule has 0 heterocycles. The van der Waals surface area contributed by atoms with Crippen LogP contribution in [0, 0.1) is 0 Å². The maximum absolute atomic E-state index is 12.5. The van der Waals surface area contributed by atoms with Gasteiger partial charge in [-0.1, -0.05) is 30.7 Å². The van der Waals surface area contributed by atoms with Crippen LogP contribution in [-0.4, -0.2) is 42.6 Å². The van der Waals surface area contributed by atoms with Gasteiger partial charge in [-0.2, -0.15) is 0 Å². The van der Waals surface area contributed by atoms with E-state index in [-0.39, 0.29) is 21.3 Å². The van der Waals surface area contributed by atoms with E-state index in [9.17, 15) is 16.8 Å². The monoisotopic (exact) mass is 412 g/mol. The fourth-order valence-electron chi connectivity index (χ4n) is 2.73. The SMILES string of the molecule is COc1ccccc1S(=O)(=O)CCCCCS(=O)(=O)c1ccccc1OC. The van der Waals surface area contributed by atoms with Crippen LogP contribution in [0.2, 0.25) is 0 Å². The van der Waals surface area contributed by atoms with Crippen molar-refractivity contribution in [1.82, 2.24) is 0 Å². The van der Waals surface area contributed by atoms with Crippen molar-refractivity contribution >= 4 is 19.7 Å². The standard InChI is InChI=1S/C19H24O6S2/c1-24-16-10-4-6-12-18(16)26(20,21)14-8-3-9-15-27(22,23)19-13-7-5-11-17(19)25-2/h4-7,10-13H,3,8-9,14-15H2,1-2H3. The zero-order valence-corrected chi connectivity index (χ0v) is 17.1. The van der Waals surface area contributed by atoms with Crippen LogP contribution in [0.3, 0.4) is 0 Å². The topological polar surface area (TPSA) is 86.7 Å². The van der Waals surface area contributed by atoms with Gasteiger partial charge in [-0.05, 0) is 37.1 Å². The first-order chi connectivity index (χ1) is 12.8. The summed E-state index contributed by atoms with van der Waals surface area (Å²) >= 11 is 0. The average Bonchev–Trinajstić information content (AvgIpc) is 2.67. The van der Waals surface area contributed by atoms with Crippen LogP contribution >= 0.6 is 0 Å². The largest absolute Gasteiger partial charge is 0.495 e. The Labute approximate surface area is 161 Å². The molecule has 0 unspecified atom stereocenters. The highest BCUT2D eigenvalue weighted by Gasteiger charge is 2.20. The van der Waals surface area contributed by atoms with Crippen molar-refractivity contribution in [2.75, 3.05) is 25.7 Å². The summed E-state index contributed by atoms with van der Waals surface area (Å²) in [5, 5.41) is 0. The van der Waals surface area contributed by atoms with Gasteiger partial charge in [0.05, 0.1) is 25.7 Å². The summed E-state index contributed by atoms with van der Waals surface area (Å²) in [5.41, 5.74) is 0. The summed E-state index contributed by atoms with van der Waals surface area (Å²) in [6.45, 7) is 0. The normalized spacial score (nSPS) is 11.9. The van der Waals surface area contributed by atoms with Gasteiger partial charge in [0.15, 0.2) is 19.7 Å². The van der Waals surface area contributed by atoms with Crippen molar-refractivity contribution in [2.45, 2.75) is 29.1 Å². The molecule has 0 atom stereocenters. The molecule has 6 nitrogen and oxygen atoms in total. The Bertz CT molecular complexity index is 886. The molecule has 27 heavy (non-hydrogen) atoms. The van der Waals surface area contributed by atoms with E-state index < -0.39 is 19.7 Å². The number of hydrogen-bond donors (Lipinski definition) is 0. The Balaban J connectivity index is 1.92. The molecule has 0 radical (unpaired) electrons. The van der Waals surface area contributed by atoms with Crippen molar-refractivity contribution in [3.63, 3.8) is 0 Å². The van der Waals surface area contributed by atoms with Crippen LogP contribution in [0.25, 0.3) is 0 Å². The van der Waals surface area contributed by atoms with Crippen LogP contribution in [0.1, 0.15) is 19.3 Å². The van der Waals surface area contributed by atoms with Crippen molar-refractivity contribution < 1.29 is 26.3 Å². The second-order valence-corrected chi connectivity index (χ2v) is 10.2. The molecule has 0 fully saturated rings. The minimum atomic E-state index is -3.48. The molecule has 148 valence electrons. The van der Waals surface area contributed by atoms with Crippen LogP contribution < -0.4 is 9.47 Å². The van der Waals surface area contributed by atoms with Gasteiger partial charge in [-0.25, -0.2) is 16.8 Å². The van der Waals surface area contributed by atoms with Crippen LogP contribution in [-0.2, 0) is 19.7 Å². The molecule has 8 heteroatoms. The highest BCUT2D eigenvalue weighted by atomic mass is 32.2. The predicted molar refractivity (Wildman–Crippen MR) is 104 cm³/mol. The summed E-state index contributed by atoms with van der Waals surface area (Å²) < 4.78 is 60.1. The Morgan fingerprint density at radius 2 is 1.00 bits per heavy atom. The zero-order chi connectivity index (χ0) is 19.9. The number of benzene rings is 2. The van der Waals surface area contributed by atoms with Gasteiger partial charge in [-0.3, -0.25) is 0 Å². The van der Waals surface area contributed by atoms with E-state index in [4.69, 9.17) is 9.47 Å². The molecule has 0 N–H and O–H groups in total. The van der Waals surface area contributed by atoms with E-state index in [0.29, 0.717) is 30.8 Å². The third kappa shape index (κ3) is 5.46. The first-order valence-electron chi connectivity index (χ1n) is 8.53. The van der Waals surface area contributed by atoms with E-state index in [0.717, 1.165) is 0 Å². The van der Waals surface area contributed by atoms with Gasteiger partial charge < -0.3 is 9.47 Å². The minimum Gasteiger partial charge on any atom is -0.495 e. The maximum atomic E-state index is 12.5. The molecule has 2 aromatic carbocycles. The van der Waals surface area contributed by atoms with Crippen molar-refractivity contribution in [3.05, 3.63) is 48.5 Å². The van der Waals surface area contributed by atoms with Crippen LogP contribution in [0.15, 0.2) is 58.3 Å². The smallest absolute Gasteiger partial charge is 0.182 e. The van der Waals surface area contributed by atoms with Crippen molar-refractivity contribution in [1.29, 1.82) is 0 Å². The third-order valence-corrected chi connectivity index (χ3v) is 7.80. The lowest BCUT2D eigenvalue weighted by atomic mass is 10.3. The Morgan fingerprint density at radius 3 is 1.37 bits per heavy atom. The molecule has 0 aromatic heterocycles. The number of rotatable bonds is 10. The summed E-state index contributed by atoms with van der Waals surface area (Å²) in [7, 11) is -4.10. The van der Waals surface area contributed by atoms with Crippen LogP contribution in [0.5, 0.6) is 11.5 Å². The fraction of sp³-hybridized carbons (Fsp3) is 0.368. The lowest BCUT2D eigenvalue weighted by Crippen LogP contribution is -2.11. The van der Waals surface area contributed by atoms with Crippen molar-refractivity contribution in [2.24, 2.45) is 0 Å². The molecule has 0 amide bonds. The lowest BCUT2D eigenvalue weighted by molar-refractivity contribution is 0.402. The fourth-order valence-corrected chi connectivity index (χ4v) is 5.83. The zero-order valence-electron chi connectivity index (χ0n) is 15.4. The summed E-state index contributed by atoms with van der Waals surface area (Å²) in [5.74, 6) is 0.525. The quantitative estimate of drug-likeness (QED) is 0.557. The van der Waals surface area contributed by atoms with Gasteiger partial charge in [0.25, 0.3) is 0 Å². The second kappa shape index (κ2) is 9.23. The first-order valence-corrected chi connectivity index (χ1v) is 11.8. The molecule has 0 aliphatic heterocycles. The Morgan fingerprint density at radius 1 is 0.630 bits per heavy atom. The Kier molecular flexibility index (Phi) is 7.26. The summed E-state index contributed by atoms with van der Waals surface area (Å²) in [6, 6.07) is 13.0. The predicted octanol–water partition coefficient (Wildman–Crippen LogP) is 3.12. The van der Waals surface area contributed by atoms with E-state index in [1.165, 1.54) is 26.4 Å². The van der Waals surface area contributed by atoms with Crippen LogP contribution in [0.4, 0.5) is 0 Å².